The fraction of sp³-hybridized carbons (Fsp3) is 0.571. The molecule has 2 rings (SSSR count). The van der Waals surface area contributed by atoms with E-state index in [0.29, 0.717) is 0 Å². The summed E-state index contributed by atoms with van der Waals surface area (Å²) in [4.78, 5) is 1.56. The van der Waals surface area contributed by atoms with Gasteiger partial charge in [0.25, 0.3) is 0 Å². The number of hydrogen-bond acceptors (Lipinski definition) is 3. The molecule has 2 aromatic carbocycles. The number of aromatic hydroxyl groups is 2. The van der Waals surface area contributed by atoms with Gasteiger partial charge in [0.2, 0.25) is 0 Å². The molecule has 0 aliphatic rings. The van der Waals surface area contributed by atoms with Crippen LogP contribution in [0, 0.1) is 10.8 Å². The van der Waals surface area contributed by atoms with Crippen LogP contribution < -0.4 is 0 Å². The fourth-order valence-electron chi connectivity index (χ4n) is 5.01. The molecule has 0 bridgehead atoms. The van der Waals surface area contributed by atoms with Crippen LogP contribution in [-0.4, -0.2) is 10.2 Å². The number of hydrogen-bond donors (Lipinski definition) is 2. The van der Waals surface area contributed by atoms with E-state index in [0.717, 1.165) is 22.6 Å². The van der Waals surface area contributed by atoms with E-state index in [9.17, 15) is 10.2 Å². The van der Waals surface area contributed by atoms with Gasteiger partial charge < -0.3 is 10.2 Å². The Kier molecular flexibility index (Phi) is 7.22. The first-order chi connectivity index (χ1) is 13.9. The molecule has 0 radical (unpaired) electrons. The second-order valence-electron chi connectivity index (χ2n) is 12.7. The van der Waals surface area contributed by atoms with Crippen LogP contribution in [0.5, 0.6) is 11.5 Å². The topological polar surface area (TPSA) is 40.5 Å². The van der Waals surface area contributed by atoms with Crippen LogP contribution in [0.25, 0.3) is 0 Å². The third kappa shape index (κ3) is 7.20. The van der Waals surface area contributed by atoms with Crippen LogP contribution in [0.3, 0.4) is 0 Å². The Bertz CT molecular complexity index is 836. The summed E-state index contributed by atoms with van der Waals surface area (Å²) < 4.78 is 0. The maximum absolute atomic E-state index is 10.6. The number of phenolic OH excluding ortho intramolecular Hbond substituents is 2. The van der Waals surface area contributed by atoms with Crippen LogP contribution in [0.4, 0.5) is 0 Å². The van der Waals surface area contributed by atoms with Gasteiger partial charge in [-0.2, -0.15) is 0 Å². The Morgan fingerprint density at radius 2 is 0.903 bits per heavy atom. The minimum absolute atomic E-state index is 0.0140. The summed E-state index contributed by atoms with van der Waals surface area (Å²) in [7, 11) is 0. The van der Waals surface area contributed by atoms with E-state index in [2.05, 4.69) is 81.4 Å². The third-order valence-electron chi connectivity index (χ3n) is 5.65. The average Bonchev–Trinajstić information content (AvgIpc) is 2.54. The zero-order chi connectivity index (χ0) is 23.8. The second kappa shape index (κ2) is 8.73. The molecule has 2 nitrogen and oxygen atoms in total. The van der Waals surface area contributed by atoms with Crippen molar-refractivity contribution in [2.45, 2.75) is 103 Å². The molecule has 0 spiro atoms. The molecule has 0 heterocycles. The van der Waals surface area contributed by atoms with Gasteiger partial charge >= 0.3 is 0 Å². The lowest BCUT2D eigenvalue weighted by atomic mass is 9.72. The Morgan fingerprint density at radius 3 is 1.19 bits per heavy atom. The van der Waals surface area contributed by atoms with Crippen LogP contribution >= 0.6 is 11.8 Å². The highest BCUT2D eigenvalue weighted by Gasteiger charge is 2.29. The first-order valence-electron chi connectivity index (χ1n) is 11.2. The molecule has 0 aliphatic carbocycles. The molecule has 2 N–H and O–H groups in total. The van der Waals surface area contributed by atoms with Crippen molar-refractivity contribution < 1.29 is 10.2 Å². The van der Waals surface area contributed by atoms with E-state index >= 15 is 0 Å². The summed E-state index contributed by atoms with van der Waals surface area (Å²) in [6, 6.07) is 11.8. The molecule has 0 fully saturated rings. The van der Waals surface area contributed by atoms with Crippen molar-refractivity contribution >= 4 is 11.8 Å². The number of benzene rings is 2. The molecule has 0 aliphatic heterocycles. The molecule has 31 heavy (non-hydrogen) atoms. The van der Waals surface area contributed by atoms with E-state index < -0.39 is 0 Å². The molecular formula is C28H42O2S. The van der Waals surface area contributed by atoms with Gasteiger partial charge in [-0.1, -0.05) is 93.1 Å². The van der Waals surface area contributed by atoms with Crippen LogP contribution in [0.2, 0.25) is 0 Å². The van der Waals surface area contributed by atoms with Crippen LogP contribution in [0.1, 0.15) is 93.2 Å². The highest BCUT2D eigenvalue weighted by molar-refractivity contribution is 7.99. The quantitative estimate of drug-likeness (QED) is 0.470. The Labute approximate surface area is 194 Å². The molecule has 0 unspecified atom stereocenters. The van der Waals surface area contributed by atoms with E-state index in [-0.39, 0.29) is 33.2 Å². The first-order valence-corrected chi connectivity index (χ1v) is 12.1. The van der Waals surface area contributed by atoms with Gasteiger partial charge in [-0.25, -0.2) is 0 Å². The lowest BCUT2D eigenvalue weighted by molar-refractivity contribution is 0.283. The van der Waals surface area contributed by atoms with Crippen molar-refractivity contribution in [1.29, 1.82) is 0 Å². The van der Waals surface area contributed by atoms with Crippen molar-refractivity contribution in [3.05, 3.63) is 47.5 Å². The molecule has 2 aromatic rings. The van der Waals surface area contributed by atoms with E-state index in [1.165, 1.54) is 22.9 Å². The van der Waals surface area contributed by atoms with E-state index in [4.69, 9.17) is 0 Å². The summed E-state index contributed by atoms with van der Waals surface area (Å²) in [5.74, 6) is 0.498. The number of rotatable bonds is 6. The van der Waals surface area contributed by atoms with Gasteiger partial charge in [-0.15, -0.1) is 0 Å². The molecule has 0 amide bonds. The predicted octanol–water partition coefficient (Wildman–Crippen LogP) is 8.68. The molecule has 0 atom stereocenters. The summed E-state index contributed by atoms with van der Waals surface area (Å²) in [5.41, 5.74) is 2.79. The minimum Gasteiger partial charge on any atom is -0.507 e. The maximum atomic E-state index is 10.6. The molecule has 0 aromatic heterocycles. The summed E-state index contributed by atoms with van der Waals surface area (Å²) in [6.07, 6.45) is 2.08. The Morgan fingerprint density at radius 1 is 0.581 bits per heavy atom. The predicted molar refractivity (Wildman–Crippen MR) is 135 cm³/mol. The zero-order valence-corrected chi connectivity index (χ0v) is 22.0. The average molecular weight is 443 g/mol. The lowest BCUT2D eigenvalue weighted by Crippen LogP contribution is -2.24. The van der Waals surface area contributed by atoms with Crippen LogP contribution in [0.15, 0.2) is 46.2 Å². The van der Waals surface area contributed by atoms with Crippen molar-refractivity contribution in [3.63, 3.8) is 0 Å². The minimum atomic E-state index is -0.0140. The highest BCUT2D eigenvalue weighted by Crippen LogP contribution is 2.45. The molecule has 172 valence electrons. The fourth-order valence-corrected chi connectivity index (χ4v) is 5.96. The van der Waals surface area contributed by atoms with Gasteiger partial charge in [0.05, 0.1) is 9.79 Å². The first kappa shape index (κ1) is 25.6. The SMILES string of the molecule is CC(C)(C)CC(C)(C)c1ccc(O)c(Sc2cc(C(C)(C)CC(C)(C)C)ccc2O)c1. The lowest BCUT2D eigenvalue weighted by Gasteiger charge is -2.33. The highest BCUT2D eigenvalue weighted by atomic mass is 32.2. The maximum Gasteiger partial charge on any atom is 0.129 e. The van der Waals surface area contributed by atoms with Crippen molar-refractivity contribution in [2.75, 3.05) is 0 Å². The summed E-state index contributed by atoms with van der Waals surface area (Å²) in [5, 5.41) is 21.1. The van der Waals surface area contributed by atoms with E-state index in [1.54, 1.807) is 12.1 Å². The molecular weight excluding hydrogens is 400 g/mol. The van der Waals surface area contributed by atoms with Crippen molar-refractivity contribution in [3.8, 4) is 11.5 Å². The Hall–Kier alpha value is -1.61. The monoisotopic (exact) mass is 442 g/mol. The third-order valence-corrected chi connectivity index (χ3v) is 6.74. The standard InChI is InChI=1S/C28H42O2S/c1-25(2,3)17-27(7,8)19-11-13-21(29)23(15-19)31-24-16-20(12-14-22(24)30)28(9,10)18-26(4,5)6/h11-16,29-30H,17-18H2,1-10H3. The van der Waals surface area contributed by atoms with Gasteiger partial charge in [0, 0.05) is 0 Å². The van der Waals surface area contributed by atoms with Crippen LogP contribution in [-0.2, 0) is 10.8 Å². The van der Waals surface area contributed by atoms with Gasteiger partial charge in [0.15, 0.2) is 0 Å². The largest absolute Gasteiger partial charge is 0.507 e. The van der Waals surface area contributed by atoms with Gasteiger partial charge in [-0.3, -0.25) is 0 Å². The van der Waals surface area contributed by atoms with Crippen molar-refractivity contribution in [1.82, 2.24) is 0 Å². The van der Waals surface area contributed by atoms with Gasteiger partial charge in [-0.05, 0) is 69.9 Å². The number of phenols is 2. The zero-order valence-electron chi connectivity index (χ0n) is 21.2. The van der Waals surface area contributed by atoms with Gasteiger partial charge in [0.1, 0.15) is 11.5 Å². The molecule has 3 heteroatoms. The smallest absolute Gasteiger partial charge is 0.129 e. The molecule has 0 saturated carbocycles. The Balaban J connectivity index is 2.41. The van der Waals surface area contributed by atoms with Crippen molar-refractivity contribution in [2.24, 2.45) is 10.8 Å². The summed E-state index contributed by atoms with van der Waals surface area (Å²) in [6.45, 7) is 22.6. The summed E-state index contributed by atoms with van der Waals surface area (Å²) >= 11 is 1.44. The second-order valence-corrected chi connectivity index (χ2v) is 13.8. The normalized spacial score (nSPS) is 13.5. The molecule has 0 saturated heterocycles. The van der Waals surface area contributed by atoms with E-state index in [1.807, 2.05) is 12.1 Å².